The van der Waals surface area contributed by atoms with Crippen molar-refractivity contribution in [3.8, 4) is 0 Å². The molecular formula is C18H23NO. The van der Waals surface area contributed by atoms with Gasteiger partial charge >= 0.3 is 0 Å². The number of carbonyl (C=O) groups is 1. The molecule has 106 valence electrons. The molecule has 2 nitrogen and oxygen atoms in total. The van der Waals surface area contributed by atoms with Gasteiger partial charge in [-0.25, -0.2) is 0 Å². The number of rotatable bonds is 2. The predicted octanol–water partition coefficient (Wildman–Crippen LogP) is 3.62. The summed E-state index contributed by atoms with van der Waals surface area (Å²) < 4.78 is 0. The normalized spacial score (nSPS) is 34.8. The van der Waals surface area contributed by atoms with Crippen LogP contribution in [0.4, 0.5) is 0 Å². The molecule has 2 saturated carbocycles. The van der Waals surface area contributed by atoms with Crippen molar-refractivity contribution < 1.29 is 4.79 Å². The molecule has 2 bridgehead atoms. The van der Waals surface area contributed by atoms with E-state index in [1.165, 1.54) is 36.8 Å². The predicted molar refractivity (Wildman–Crippen MR) is 79.2 cm³/mol. The first-order valence-corrected chi connectivity index (χ1v) is 8.19. The van der Waals surface area contributed by atoms with Crippen molar-refractivity contribution in [2.75, 3.05) is 0 Å². The van der Waals surface area contributed by atoms with Crippen LogP contribution >= 0.6 is 0 Å². The fourth-order valence-corrected chi connectivity index (χ4v) is 4.75. The molecular weight excluding hydrogens is 246 g/mol. The third-order valence-electron chi connectivity index (χ3n) is 5.76. The van der Waals surface area contributed by atoms with Gasteiger partial charge in [0.15, 0.2) is 0 Å². The van der Waals surface area contributed by atoms with Crippen LogP contribution in [0.2, 0.25) is 0 Å². The third-order valence-corrected chi connectivity index (χ3v) is 5.76. The van der Waals surface area contributed by atoms with Gasteiger partial charge in [-0.05, 0) is 61.5 Å². The maximum Gasteiger partial charge on any atom is 0.223 e. The molecule has 4 atom stereocenters. The number of aryl methyl sites for hydroxylation is 1. The molecule has 0 saturated heterocycles. The minimum Gasteiger partial charge on any atom is -0.349 e. The molecule has 3 aliphatic rings. The van der Waals surface area contributed by atoms with Crippen molar-refractivity contribution >= 4 is 5.91 Å². The summed E-state index contributed by atoms with van der Waals surface area (Å²) in [7, 11) is 0. The number of amides is 1. The van der Waals surface area contributed by atoms with E-state index in [9.17, 15) is 4.79 Å². The molecule has 3 aliphatic carbocycles. The van der Waals surface area contributed by atoms with Gasteiger partial charge in [-0.15, -0.1) is 0 Å². The molecule has 4 rings (SSSR count). The van der Waals surface area contributed by atoms with Crippen LogP contribution in [0.1, 0.15) is 55.7 Å². The average Bonchev–Trinajstić information content (AvgIpc) is 3.10. The van der Waals surface area contributed by atoms with E-state index in [-0.39, 0.29) is 6.04 Å². The van der Waals surface area contributed by atoms with Gasteiger partial charge in [0, 0.05) is 5.92 Å². The summed E-state index contributed by atoms with van der Waals surface area (Å²) in [6.45, 7) is 0. The SMILES string of the molecule is O=C(NC1CCCc2ccccc21)C1CC2CCC1C2. The van der Waals surface area contributed by atoms with Crippen molar-refractivity contribution in [2.24, 2.45) is 17.8 Å². The lowest BCUT2D eigenvalue weighted by atomic mass is 9.85. The van der Waals surface area contributed by atoms with Crippen molar-refractivity contribution in [1.29, 1.82) is 0 Å². The van der Waals surface area contributed by atoms with E-state index < -0.39 is 0 Å². The monoisotopic (exact) mass is 269 g/mol. The number of benzene rings is 1. The Bertz CT molecular complexity index is 524. The topological polar surface area (TPSA) is 29.1 Å². The second-order valence-electron chi connectivity index (χ2n) is 6.93. The van der Waals surface area contributed by atoms with Crippen molar-refractivity contribution in [1.82, 2.24) is 5.32 Å². The minimum atomic E-state index is 0.256. The van der Waals surface area contributed by atoms with Gasteiger partial charge in [-0.3, -0.25) is 4.79 Å². The molecule has 1 aromatic rings. The van der Waals surface area contributed by atoms with E-state index in [4.69, 9.17) is 0 Å². The fraction of sp³-hybridized carbons (Fsp3) is 0.611. The van der Waals surface area contributed by atoms with E-state index in [2.05, 4.69) is 29.6 Å². The maximum absolute atomic E-state index is 12.6. The number of hydrogen-bond acceptors (Lipinski definition) is 1. The zero-order valence-electron chi connectivity index (χ0n) is 12.0. The van der Waals surface area contributed by atoms with Crippen LogP contribution < -0.4 is 5.32 Å². The van der Waals surface area contributed by atoms with Gasteiger partial charge in [0.25, 0.3) is 0 Å². The Morgan fingerprint density at radius 3 is 2.80 bits per heavy atom. The molecule has 2 heteroatoms. The van der Waals surface area contributed by atoms with Crippen molar-refractivity contribution in [3.63, 3.8) is 0 Å². The van der Waals surface area contributed by atoms with Crippen LogP contribution in [0.15, 0.2) is 24.3 Å². The van der Waals surface area contributed by atoms with Crippen LogP contribution in [0, 0.1) is 17.8 Å². The summed E-state index contributed by atoms with van der Waals surface area (Å²) in [5.74, 6) is 2.16. The van der Waals surface area contributed by atoms with Gasteiger partial charge < -0.3 is 5.32 Å². The van der Waals surface area contributed by atoms with Gasteiger partial charge in [0.1, 0.15) is 0 Å². The lowest BCUT2D eigenvalue weighted by Crippen LogP contribution is -2.37. The second-order valence-corrected chi connectivity index (χ2v) is 6.93. The number of carbonyl (C=O) groups excluding carboxylic acids is 1. The fourth-order valence-electron chi connectivity index (χ4n) is 4.75. The standard InChI is InChI=1S/C18H23NO/c20-18(16-11-12-8-9-14(16)10-12)19-17-7-3-5-13-4-1-2-6-15(13)17/h1-2,4,6,12,14,16-17H,3,5,7-11H2,(H,19,20). The largest absolute Gasteiger partial charge is 0.349 e. The summed E-state index contributed by atoms with van der Waals surface area (Å²) in [5.41, 5.74) is 2.78. The first-order chi connectivity index (χ1) is 9.81. The van der Waals surface area contributed by atoms with Crippen molar-refractivity contribution in [2.45, 2.75) is 51.0 Å². The summed E-state index contributed by atoms with van der Waals surface area (Å²) in [6.07, 6.45) is 8.55. The van der Waals surface area contributed by atoms with Gasteiger partial charge in [-0.1, -0.05) is 30.7 Å². The van der Waals surface area contributed by atoms with Gasteiger partial charge in [0.2, 0.25) is 5.91 Å². The highest BCUT2D eigenvalue weighted by Crippen LogP contribution is 2.48. The van der Waals surface area contributed by atoms with E-state index in [1.807, 2.05) is 0 Å². The molecule has 0 aliphatic heterocycles. The Hall–Kier alpha value is -1.31. The zero-order chi connectivity index (χ0) is 13.5. The highest BCUT2D eigenvalue weighted by Gasteiger charge is 2.43. The Morgan fingerprint density at radius 2 is 2.00 bits per heavy atom. The van der Waals surface area contributed by atoms with Crippen LogP contribution in [0.25, 0.3) is 0 Å². The number of hydrogen-bond donors (Lipinski definition) is 1. The van der Waals surface area contributed by atoms with E-state index in [1.54, 1.807) is 0 Å². The van der Waals surface area contributed by atoms with Crippen LogP contribution in [0.5, 0.6) is 0 Å². The summed E-state index contributed by atoms with van der Waals surface area (Å²) in [5, 5.41) is 3.36. The Kier molecular flexibility index (Phi) is 3.05. The second kappa shape index (κ2) is 4.91. The summed E-state index contributed by atoms with van der Waals surface area (Å²) in [4.78, 5) is 12.6. The molecule has 0 radical (unpaired) electrons. The summed E-state index contributed by atoms with van der Waals surface area (Å²) in [6, 6.07) is 8.87. The number of nitrogens with one attached hydrogen (secondary N) is 1. The third kappa shape index (κ3) is 2.06. The molecule has 0 aromatic heterocycles. The van der Waals surface area contributed by atoms with Gasteiger partial charge in [-0.2, -0.15) is 0 Å². The molecule has 4 unspecified atom stereocenters. The molecule has 0 spiro atoms. The zero-order valence-corrected chi connectivity index (χ0v) is 12.0. The van der Waals surface area contributed by atoms with Gasteiger partial charge in [0.05, 0.1) is 6.04 Å². The first kappa shape index (κ1) is 12.4. The summed E-state index contributed by atoms with van der Waals surface area (Å²) >= 11 is 0. The smallest absolute Gasteiger partial charge is 0.223 e. The quantitative estimate of drug-likeness (QED) is 0.873. The molecule has 1 amide bonds. The van der Waals surface area contributed by atoms with Crippen LogP contribution in [-0.2, 0) is 11.2 Å². The maximum atomic E-state index is 12.6. The Labute approximate surface area is 121 Å². The van der Waals surface area contributed by atoms with Crippen LogP contribution in [0.3, 0.4) is 0 Å². The highest BCUT2D eigenvalue weighted by atomic mass is 16.2. The highest BCUT2D eigenvalue weighted by molar-refractivity contribution is 5.80. The molecule has 1 N–H and O–H groups in total. The van der Waals surface area contributed by atoms with E-state index in [0.717, 1.165) is 25.2 Å². The Balaban J connectivity index is 1.48. The molecule has 2 fully saturated rings. The lowest BCUT2D eigenvalue weighted by Gasteiger charge is -2.29. The molecule has 1 aromatic carbocycles. The van der Waals surface area contributed by atoms with E-state index in [0.29, 0.717) is 17.7 Å². The number of fused-ring (bicyclic) bond motifs is 3. The van der Waals surface area contributed by atoms with Crippen LogP contribution in [-0.4, -0.2) is 5.91 Å². The van der Waals surface area contributed by atoms with E-state index >= 15 is 0 Å². The molecule has 20 heavy (non-hydrogen) atoms. The minimum absolute atomic E-state index is 0.256. The Morgan fingerprint density at radius 1 is 1.10 bits per heavy atom. The average molecular weight is 269 g/mol. The lowest BCUT2D eigenvalue weighted by molar-refractivity contribution is -0.127. The van der Waals surface area contributed by atoms with Crippen molar-refractivity contribution in [3.05, 3.63) is 35.4 Å². The first-order valence-electron chi connectivity index (χ1n) is 8.19. The molecule has 0 heterocycles.